The lowest BCUT2D eigenvalue weighted by Gasteiger charge is -2.15. The quantitative estimate of drug-likeness (QED) is 0.584. The predicted molar refractivity (Wildman–Crippen MR) is 54.7 cm³/mol. The van der Waals surface area contributed by atoms with Crippen LogP contribution in [0.2, 0.25) is 0 Å². The van der Waals surface area contributed by atoms with E-state index < -0.39 is 0 Å². The first kappa shape index (κ1) is 12.9. The van der Waals surface area contributed by atoms with E-state index in [0.717, 1.165) is 32.2 Å². The minimum absolute atomic E-state index is 0.203. The molecule has 2 atom stereocenters. The van der Waals surface area contributed by atoms with Crippen LogP contribution in [0.4, 0.5) is 0 Å². The zero-order valence-electron chi connectivity index (χ0n) is 9.03. The largest absolute Gasteiger partial charge is 0.393 e. The summed E-state index contributed by atoms with van der Waals surface area (Å²) in [5.74, 6) is 0. The van der Waals surface area contributed by atoms with Crippen molar-refractivity contribution in [3.8, 4) is 0 Å². The molecule has 0 saturated carbocycles. The monoisotopic (exact) mass is 189 g/mol. The summed E-state index contributed by atoms with van der Waals surface area (Å²) in [7, 11) is 3.91. The van der Waals surface area contributed by atoms with Gasteiger partial charge in [0.25, 0.3) is 0 Å². The van der Waals surface area contributed by atoms with E-state index in [2.05, 4.69) is 0 Å². The number of hydrogen-bond donors (Lipinski definition) is 2. The van der Waals surface area contributed by atoms with Crippen LogP contribution in [0.5, 0.6) is 0 Å². The molecule has 0 radical (unpaired) electrons. The molecule has 0 saturated heterocycles. The van der Waals surface area contributed by atoms with Crippen molar-refractivity contribution in [3.05, 3.63) is 0 Å². The van der Waals surface area contributed by atoms with Crippen LogP contribution in [0.15, 0.2) is 0 Å². The molecule has 3 nitrogen and oxygen atoms in total. The second-order valence-electron chi connectivity index (χ2n) is 4.05. The van der Waals surface area contributed by atoms with Crippen LogP contribution in [-0.4, -0.2) is 48.0 Å². The maximum absolute atomic E-state index is 9.48. The fraction of sp³-hybridized carbons (Fsp3) is 1.00. The smallest absolute Gasteiger partial charge is 0.0666 e. The Balaban J connectivity index is 3.22. The van der Waals surface area contributed by atoms with Crippen LogP contribution in [-0.2, 0) is 0 Å². The van der Waals surface area contributed by atoms with Gasteiger partial charge in [0.15, 0.2) is 0 Å². The Kier molecular flexibility index (Phi) is 7.23. The average Bonchev–Trinajstić information content (AvgIpc) is 1.96. The molecule has 0 bridgehead atoms. The summed E-state index contributed by atoms with van der Waals surface area (Å²) >= 11 is 0. The van der Waals surface area contributed by atoms with Crippen molar-refractivity contribution >= 4 is 0 Å². The van der Waals surface area contributed by atoms with Gasteiger partial charge < -0.3 is 15.1 Å². The first-order valence-corrected chi connectivity index (χ1v) is 5.03. The molecule has 13 heavy (non-hydrogen) atoms. The number of likely N-dealkylation sites (N-methyl/N-ethyl adjacent to an activating group) is 1. The summed E-state index contributed by atoms with van der Waals surface area (Å²) < 4.78 is 0. The molecule has 0 rings (SSSR count). The number of rotatable bonds is 7. The van der Waals surface area contributed by atoms with Gasteiger partial charge >= 0.3 is 0 Å². The average molecular weight is 189 g/mol. The highest BCUT2D eigenvalue weighted by molar-refractivity contribution is 4.59. The van der Waals surface area contributed by atoms with Crippen molar-refractivity contribution in [2.45, 2.75) is 44.8 Å². The van der Waals surface area contributed by atoms with Gasteiger partial charge in [-0.15, -0.1) is 0 Å². The number of aliphatic hydroxyl groups excluding tert-OH is 2. The zero-order chi connectivity index (χ0) is 10.3. The molecule has 0 aromatic rings. The van der Waals surface area contributed by atoms with Crippen molar-refractivity contribution in [2.24, 2.45) is 0 Å². The molecular weight excluding hydrogens is 166 g/mol. The molecule has 0 aromatic carbocycles. The minimum Gasteiger partial charge on any atom is -0.393 e. The third kappa shape index (κ3) is 9.80. The molecule has 0 aliphatic rings. The lowest BCUT2D eigenvalue weighted by Crippen LogP contribution is -2.25. The van der Waals surface area contributed by atoms with Crippen LogP contribution in [0.25, 0.3) is 0 Å². The van der Waals surface area contributed by atoms with E-state index in [0.29, 0.717) is 0 Å². The molecule has 0 amide bonds. The highest BCUT2D eigenvalue weighted by Crippen LogP contribution is 2.06. The topological polar surface area (TPSA) is 43.7 Å². The molecule has 0 aliphatic carbocycles. The van der Waals surface area contributed by atoms with Gasteiger partial charge in [0, 0.05) is 6.54 Å². The normalized spacial score (nSPS) is 16.2. The van der Waals surface area contributed by atoms with E-state index in [1.54, 1.807) is 6.92 Å². The Bertz CT molecular complexity index is 115. The fourth-order valence-electron chi connectivity index (χ4n) is 1.33. The van der Waals surface area contributed by atoms with Gasteiger partial charge in [-0.25, -0.2) is 0 Å². The molecule has 2 N–H and O–H groups in total. The summed E-state index contributed by atoms with van der Waals surface area (Å²) in [5.41, 5.74) is 0. The molecule has 0 fully saturated rings. The Morgan fingerprint density at radius 3 is 2.08 bits per heavy atom. The van der Waals surface area contributed by atoms with Crippen LogP contribution < -0.4 is 0 Å². The summed E-state index contributed by atoms with van der Waals surface area (Å²) in [6.07, 6.45) is 3.26. The molecule has 0 heterocycles. The third-order valence-corrected chi connectivity index (χ3v) is 1.99. The van der Waals surface area contributed by atoms with Gasteiger partial charge in [-0.05, 0) is 33.9 Å². The van der Waals surface area contributed by atoms with Crippen molar-refractivity contribution in [1.29, 1.82) is 0 Å². The highest BCUT2D eigenvalue weighted by Gasteiger charge is 2.05. The Morgan fingerprint density at radius 2 is 1.62 bits per heavy atom. The first-order chi connectivity index (χ1) is 6.02. The van der Waals surface area contributed by atoms with Crippen molar-refractivity contribution in [2.75, 3.05) is 20.6 Å². The van der Waals surface area contributed by atoms with E-state index >= 15 is 0 Å². The Labute approximate surface area is 81.4 Å². The number of hydrogen-bond acceptors (Lipinski definition) is 3. The van der Waals surface area contributed by atoms with Gasteiger partial charge in [-0.1, -0.05) is 12.8 Å². The molecule has 0 spiro atoms. The molecule has 3 heteroatoms. The minimum atomic E-state index is -0.219. The van der Waals surface area contributed by atoms with Gasteiger partial charge in [0.05, 0.1) is 12.2 Å². The number of nitrogens with zero attached hydrogens (tertiary/aromatic N) is 1. The van der Waals surface area contributed by atoms with E-state index in [1.807, 2.05) is 19.0 Å². The number of aliphatic hydroxyl groups is 2. The van der Waals surface area contributed by atoms with E-state index in [4.69, 9.17) is 5.11 Å². The molecule has 0 aliphatic heterocycles. The van der Waals surface area contributed by atoms with Crippen molar-refractivity contribution < 1.29 is 10.2 Å². The molecular formula is C10H23NO2. The SMILES string of the molecule is CC(O)CCCCC(O)CN(C)C. The van der Waals surface area contributed by atoms with Crippen molar-refractivity contribution in [1.82, 2.24) is 4.90 Å². The maximum Gasteiger partial charge on any atom is 0.0666 e. The predicted octanol–water partition coefficient (Wildman–Crippen LogP) is 0.850. The van der Waals surface area contributed by atoms with Crippen molar-refractivity contribution in [3.63, 3.8) is 0 Å². The maximum atomic E-state index is 9.48. The Hall–Kier alpha value is -0.120. The van der Waals surface area contributed by atoms with Crippen LogP contribution in [0.1, 0.15) is 32.6 Å². The fourth-order valence-corrected chi connectivity index (χ4v) is 1.33. The van der Waals surface area contributed by atoms with Gasteiger partial charge in [-0.3, -0.25) is 0 Å². The molecule has 0 aromatic heterocycles. The van der Waals surface area contributed by atoms with Gasteiger partial charge in [-0.2, -0.15) is 0 Å². The van der Waals surface area contributed by atoms with E-state index in [9.17, 15) is 5.11 Å². The van der Waals surface area contributed by atoms with E-state index in [-0.39, 0.29) is 12.2 Å². The third-order valence-electron chi connectivity index (χ3n) is 1.99. The van der Waals surface area contributed by atoms with Crippen LogP contribution in [0.3, 0.4) is 0 Å². The van der Waals surface area contributed by atoms with Crippen LogP contribution in [0, 0.1) is 0 Å². The molecule has 80 valence electrons. The Morgan fingerprint density at radius 1 is 1.08 bits per heavy atom. The van der Waals surface area contributed by atoms with Crippen LogP contribution >= 0.6 is 0 Å². The summed E-state index contributed by atoms with van der Waals surface area (Å²) in [5, 5.41) is 18.5. The molecule has 2 unspecified atom stereocenters. The van der Waals surface area contributed by atoms with E-state index in [1.165, 1.54) is 0 Å². The first-order valence-electron chi connectivity index (χ1n) is 5.03. The summed E-state index contributed by atoms with van der Waals surface area (Å²) in [6, 6.07) is 0. The standard InChI is InChI=1S/C10H23NO2/c1-9(12)6-4-5-7-10(13)8-11(2)3/h9-10,12-13H,4-8H2,1-3H3. The second-order valence-corrected chi connectivity index (χ2v) is 4.05. The second kappa shape index (κ2) is 7.30. The summed E-state index contributed by atoms with van der Waals surface area (Å²) in [6.45, 7) is 2.53. The van der Waals surface area contributed by atoms with Gasteiger partial charge in [0.1, 0.15) is 0 Å². The lowest BCUT2D eigenvalue weighted by atomic mass is 10.1. The number of unbranched alkanes of at least 4 members (excludes halogenated alkanes) is 1. The summed E-state index contributed by atoms with van der Waals surface area (Å²) in [4.78, 5) is 1.99. The zero-order valence-corrected chi connectivity index (χ0v) is 9.03. The highest BCUT2D eigenvalue weighted by atomic mass is 16.3. The van der Waals surface area contributed by atoms with Gasteiger partial charge in [0.2, 0.25) is 0 Å². The lowest BCUT2D eigenvalue weighted by molar-refractivity contribution is 0.122.